The van der Waals surface area contributed by atoms with Crippen LogP contribution in [0.3, 0.4) is 0 Å². The van der Waals surface area contributed by atoms with Gasteiger partial charge in [-0.3, -0.25) is 4.79 Å². The summed E-state index contributed by atoms with van der Waals surface area (Å²) in [4.78, 5) is 13.8. The van der Waals surface area contributed by atoms with Gasteiger partial charge in [0.05, 0.1) is 26.4 Å². The molecule has 26 heavy (non-hydrogen) atoms. The minimum absolute atomic E-state index is 0.317. The normalized spacial score (nSPS) is 17.3. The fourth-order valence-electron chi connectivity index (χ4n) is 3.11. The average molecular weight is 369 g/mol. The van der Waals surface area contributed by atoms with Gasteiger partial charge in [-0.05, 0) is 19.3 Å². The highest BCUT2D eigenvalue weighted by atomic mass is 16.5. The fraction of sp³-hybridized carbons (Fsp3) is 0.857. The van der Waals surface area contributed by atoms with Gasteiger partial charge in [0.2, 0.25) is 5.91 Å². The van der Waals surface area contributed by atoms with Gasteiger partial charge in [-0.1, -0.05) is 44.6 Å². The molecule has 0 aromatic carbocycles. The van der Waals surface area contributed by atoms with Gasteiger partial charge >= 0.3 is 0 Å². The van der Waals surface area contributed by atoms with Crippen LogP contribution in [0.25, 0.3) is 0 Å². The Morgan fingerprint density at radius 3 is 1.88 bits per heavy atom. The smallest absolute Gasteiger partial charge is 0.222 e. The molecule has 1 amide bonds. The summed E-state index contributed by atoms with van der Waals surface area (Å²) in [5.74, 6) is 0.317. The Hall–Kier alpha value is -0.910. The number of allylic oxidation sites excluding steroid dienone is 1. The highest BCUT2D eigenvalue weighted by molar-refractivity contribution is 5.76. The molecule has 0 atom stereocenters. The van der Waals surface area contributed by atoms with E-state index in [4.69, 9.17) is 9.47 Å². The van der Waals surface area contributed by atoms with E-state index in [2.05, 4.69) is 11.9 Å². The summed E-state index contributed by atoms with van der Waals surface area (Å²) in [5, 5.41) is 3.16. The molecule has 1 N–H and O–H groups in total. The summed E-state index contributed by atoms with van der Waals surface area (Å²) in [7, 11) is 0. The Morgan fingerprint density at radius 2 is 1.38 bits per heavy atom. The van der Waals surface area contributed by atoms with Crippen molar-refractivity contribution in [2.75, 3.05) is 52.6 Å². The van der Waals surface area contributed by atoms with Gasteiger partial charge in [0.15, 0.2) is 0 Å². The standard InChI is InChI=1S/C17H31NO2.C4H9NO/c1-2-3-4-5-6-7-8-9-10-11-12-17(19)18-13-15-20-16-14-18;1-3-6-4-2-5-1/h2H,1,3-16H2;5H,1-4H2. The number of hydrogen-bond acceptors (Lipinski definition) is 4. The lowest BCUT2D eigenvalue weighted by molar-refractivity contribution is -0.135. The van der Waals surface area contributed by atoms with Crippen molar-refractivity contribution in [2.24, 2.45) is 0 Å². The largest absolute Gasteiger partial charge is 0.379 e. The van der Waals surface area contributed by atoms with Gasteiger partial charge < -0.3 is 19.7 Å². The molecular weight excluding hydrogens is 328 g/mol. The van der Waals surface area contributed by atoms with E-state index in [9.17, 15) is 4.79 Å². The minimum Gasteiger partial charge on any atom is -0.379 e. The molecule has 2 heterocycles. The number of ether oxygens (including phenoxy) is 2. The van der Waals surface area contributed by atoms with E-state index in [0.29, 0.717) is 19.1 Å². The number of rotatable bonds is 11. The van der Waals surface area contributed by atoms with E-state index >= 15 is 0 Å². The minimum atomic E-state index is 0.317. The van der Waals surface area contributed by atoms with Crippen molar-refractivity contribution in [1.82, 2.24) is 10.2 Å². The maximum Gasteiger partial charge on any atom is 0.222 e. The predicted molar refractivity (Wildman–Crippen MR) is 107 cm³/mol. The number of unbranched alkanes of at least 4 members (excludes halogenated alkanes) is 8. The quantitative estimate of drug-likeness (QED) is 0.448. The van der Waals surface area contributed by atoms with E-state index in [0.717, 1.165) is 58.7 Å². The van der Waals surface area contributed by atoms with Crippen molar-refractivity contribution in [2.45, 2.75) is 64.2 Å². The Balaban J connectivity index is 0.000000472. The number of nitrogens with zero attached hydrogens (tertiary/aromatic N) is 1. The summed E-state index contributed by atoms with van der Waals surface area (Å²) in [6.45, 7) is 10.5. The summed E-state index contributed by atoms with van der Waals surface area (Å²) in [6.07, 6.45) is 14.0. The second-order valence-electron chi connectivity index (χ2n) is 7.01. The maximum atomic E-state index is 11.9. The first-order chi connectivity index (χ1) is 12.8. The van der Waals surface area contributed by atoms with Crippen molar-refractivity contribution in [3.8, 4) is 0 Å². The van der Waals surface area contributed by atoms with E-state index in [1.165, 1.54) is 44.9 Å². The monoisotopic (exact) mass is 368 g/mol. The first kappa shape index (κ1) is 23.1. The molecule has 0 aliphatic carbocycles. The van der Waals surface area contributed by atoms with Gasteiger partial charge in [0.25, 0.3) is 0 Å². The highest BCUT2D eigenvalue weighted by Crippen LogP contribution is 2.11. The molecular formula is C21H40N2O3. The first-order valence-corrected chi connectivity index (χ1v) is 10.6. The number of morpholine rings is 2. The van der Waals surface area contributed by atoms with Crippen LogP contribution in [0.4, 0.5) is 0 Å². The zero-order chi connectivity index (χ0) is 18.7. The van der Waals surface area contributed by atoms with Crippen molar-refractivity contribution < 1.29 is 14.3 Å². The molecule has 0 bridgehead atoms. The molecule has 5 heteroatoms. The van der Waals surface area contributed by atoms with Gasteiger partial charge in [0.1, 0.15) is 0 Å². The topological polar surface area (TPSA) is 50.8 Å². The number of nitrogens with one attached hydrogen (secondary N) is 1. The molecule has 2 saturated heterocycles. The van der Waals surface area contributed by atoms with Crippen molar-refractivity contribution in [1.29, 1.82) is 0 Å². The van der Waals surface area contributed by atoms with Crippen molar-refractivity contribution >= 4 is 5.91 Å². The Bertz CT molecular complexity index is 329. The number of carbonyl (C=O) groups is 1. The molecule has 2 rings (SSSR count). The third kappa shape index (κ3) is 13.3. The SMILES string of the molecule is C1COCCN1.C=CCCCCCCCCCCC(=O)N1CCOCC1. The lowest BCUT2D eigenvalue weighted by Crippen LogP contribution is -2.40. The van der Waals surface area contributed by atoms with Gasteiger partial charge in [-0.2, -0.15) is 0 Å². The van der Waals surface area contributed by atoms with Crippen LogP contribution in [-0.4, -0.2) is 63.4 Å². The molecule has 0 unspecified atom stereocenters. The predicted octanol–water partition coefficient (Wildman–Crippen LogP) is 3.54. The number of amides is 1. The summed E-state index contributed by atoms with van der Waals surface area (Å²) >= 11 is 0. The Kier molecular flexibility index (Phi) is 15.6. The molecule has 152 valence electrons. The zero-order valence-electron chi connectivity index (χ0n) is 16.7. The van der Waals surface area contributed by atoms with Crippen molar-refractivity contribution in [3.63, 3.8) is 0 Å². The number of hydrogen-bond donors (Lipinski definition) is 1. The average Bonchev–Trinajstić information content (AvgIpc) is 2.71. The van der Waals surface area contributed by atoms with Crippen molar-refractivity contribution in [3.05, 3.63) is 12.7 Å². The number of carbonyl (C=O) groups excluding carboxylic acids is 1. The summed E-state index contributed by atoms with van der Waals surface area (Å²) < 4.78 is 10.3. The van der Waals surface area contributed by atoms with Crippen LogP contribution in [0.1, 0.15) is 64.2 Å². The molecule has 5 nitrogen and oxygen atoms in total. The highest BCUT2D eigenvalue weighted by Gasteiger charge is 2.15. The lowest BCUT2D eigenvalue weighted by atomic mass is 10.1. The third-order valence-electron chi connectivity index (χ3n) is 4.76. The first-order valence-electron chi connectivity index (χ1n) is 10.6. The molecule has 2 fully saturated rings. The molecule has 2 aliphatic rings. The van der Waals surface area contributed by atoms with E-state index < -0.39 is 0 Å². The summed E-state index contributed by atoms with van der Waals surface area (Å²) in [5.41, 5.74) is 0. The van der Waals surface area contributed by atoms with Crippen LogP contribution in [0.2, 0.25) is 0 Å². The van der Waals surface area contributed by atoms with Crippen LogP contribution in [0.15, 0.2) is 12.7 Å². The van der Waals surface area contributed by atoms with Crippen LogP contribution < -0.4 is 5.32 Å². The molecule has 2 aliphatic heterocycles. The van der Waals surface area contributed by atoms with Crippen LogP contribution in [-0.2, 0) is 14.3 Å². The molecule has 0 saturated carbocycles. The third-order valence-corrected chi connectivity index (χ3v) is 4.76. The van der Waals surface area contributed by atoms with Gasteiger partial charge in [-0.25, -0.2) is 0 Å². The zero-order valence-corrected chi connectivity index (χ0v) is 16.7. The van der Waals surface area contributed by atoms with E-state index in [-0.39, 0.29) is 0 Å². The van der Waals surface area contributed by atoms with Gasteiger partial charge in [0, 0.05) is 32.6 Å². The van der Waals surface area contributed by atoms with E-state index in [1.807, 2.05) is 11.0 Å². The fourth-order valence-corrected chi connectivity index (χ4v) is 3.11. The second-order valence-corrected chi connectivity index (χ2v) is 7.01. The Morgan fingerprint density at radius 1 is 0.846 bits per heavy atom. The maximum absolute atomic E-state index is 11.9. The summed E-state index contributed by atoms with van der Waals surface area (Å²) in [6, 6.07) is 0. The van der Waals surface area contributed by atoms with E-state index in [1.54, 1.807) is 0 Å². The molecule has 0 aromatic heterocycles. The molecule has 0 spiro atoms. The van der Waals surface area contributed by atoms with Crippen LogP contribution in [0.5, 0.6) is 0 Å². The second kappa shape index (κ2) is 17.5. The van der Waals surface area contributed by atoms with Crippen LogP contribution in [0, 0.1) is 0 Å². The molecule has 0 aromatic rings. The molecule has 0 radical (unpaired) electrons. The van der Waals surface area contributed by atoms with Crippen LogP contribution >= 0.6 is 0 Å². The Labute approximate surface area is 160 Å². The van der Waals surface area contributed by atoms with Gasteiger partial charge in [-0.15, -0.1) is 6.58 Å². The lowest BCUT2D eigenvalue weighted by Gasteiger charge is -2.26.